The molecular weight excluding hydrogens is 136 g/mol. The summed E-state index contributed by atoms with van der Waals surface area (Å²) in [4.78, 5) is 0. The third kappa shape index (κ3) is 1.97. The van der Waals surface area contributed by atoms with Gasteiger partial charge in [-0.3, -0.25) is 0 Å². The molecule has 0 saturated heterocycles. The van der Waals surface area contributed by atoms with Crippen LogP contribution in [-0.4, -0.2) is 0 Å². The first-order valence-corrected chi connectivity index (χ1v) is 3.81. The summed E-state index contributed by atoms with van der Waals surface area (Å²) in [7, 11) is 0. The predicted octanol–water partition coefficient (Wildman–Crippen LogP) is 3.32. The third-order valence-corrected chi connectivity index (χ3v) is 1.50. The maximum Gasteiger partial charge on any atom is 0.129 e. The highest BCUT2D eigenvalue weighted by Gasteiger charge is 1.99. The fourth-order valence-corrected chi connectivity index (χ4v) is 1.06. The molecule has 0 unspecified atom stereocenters. The normalized spacial score (nSPS) is 9.82. The first-order chi connectivity index (χ1) is 5.09. The van der Waals surface area contributed by atoms with Gasteiger partial charge >= 0.3 is 0 Å². The fourth-order valence-electron chi connectivity index (χ4n) is 1.06. The third-order valence-electron chi connectivity index (χ3n) is 1.50. The van der Waals surface area contributed by atoms with Crippen LogP contribution in [0.2, 0.25) is 0 Å². The molecule has 0 radical (unpaired) electrons. The van der Waals surface area contributed by atoms with E-state index >= 15 is 0 Å². The Labute approximate surface area is 67.7 Å². The SMILES string of the molecule is CC(C)=Cc1oc(C)cc1C. The number of hydrogen-bond acceptors (Lipinski definition) is 1. The number of aryl methyl sites for hydroxylation is 2. The molecule has 0 aliphatic heterocycles. The smallest absolute Gasteiger partial charge is 0.129 e. The maximum absolute atomic E-state index is 5.45. The lowest BCUT2D eigenvalue weighted by Gasteiger charge is -1.89. The lowest BCUT2D eigenvalue weighted by atomic mass is 10.2. The monoisotopic (exact) mass is 150 g/mol. The zero-order valence-electron chi connectivity index (χ0n) is 7.56. The van der Waals surface area contributed by atoms with Gasteiger partial charge in [-0.15, -0.1) is 0 Å². The van der Waals surface area contributed by atoms with Gasteiger partial charge in [-0.05, 0) is 45.4 Å². The van der Waals surface area contributed by atoms with Gasteiger partial charge in [0, 0.05) is 0 Å². The lowest BCUT2D eigenvalue weighted by Crippen LogP contribution is -1.70. The summed E-state index contributed by atoms with van der Waals surface area (Å²) in [5.74, 6) is 1.97. The van der Waals surface area contributed by atoms with E-state index in [4.69, 9.17) is 4.42 Å². The molecule has 0 N–H and O–H groups in total. The van der Waals surface area contributed by atoms with Crippen LogP contribution in [0.25, 0.3) is 6.08 Å². The van der Waals surface area contributed by atoms with Crippen molar-refractivity contribution in [2.45, 2.75) is 27.7 Å². The second kappa shape index (κ2) is 2.95. The Bertz CT molecular complexity index is 275. The van der Waals surface area contributed by atoms with Crippen LogP contribution in [-0.2, 0) is 0 Å². The molecule has 0 spiro atoms. The van der Waals surface area contributed by atoms with E-state index in [0.717, 1.165) is 11.5 Å². The van der Waals surface area contributed by atoms with E-state index in [9.17, 15) is 0 Å². The van der Waals surface area contributed by atoms with E-state index in [2.05, 4.69) is 32.9 Å². The van der Waals surface area contributed by atoms with E-state index in [1.54, 1.807) is 0 Å². The second-order valence-corrected chi connectivity index (χ2v) is 3.13. The Kier molecular flexibility index (Phi) is 2.18. The van der Waals surface area contributed by atoms with Gasteiger partial charge in [-0.2, -0.15) is 0 Å². The van der Waals surface area contributed by atoms with Crippen molar-refractivity contribution >= 4 is 6.08 Å². The molecule has 1 rings (SSSR count). The number of allylic oxidation sites excluding steroid dienone is 1. The first kappa shape index (κ1) is 8.12. The summed E-state index contributed by atoms with van der Waals surface area (Å²) in [6.45, 7) is 8.16. The van der Waals surface area contributed by atoms with Crippen LogP contribution in [0.3, 0.4) is 0 Å². The molecule has 11 heavy (non-hydrogen) atoms. The Hall–Kier alpha value is -0.980. The molecule has 1 aromatic rings. The molecule has 0 atom stereocenters. The summed E-state index contributed by atoms with van der Waals surface area (Å²) in [5, 5.41) is 0. The summed E-state index contributed by atoms with van der Waals surface area (Å²) >= 11 is 0. The van der Waals surface area contributed by atoms with Gasteiger partial charge in [-0.25, -0.2) is 0 Å². The standard InChI is InChI=1S/C10H14O/c1-7(2)5-10-8(3)6-9(4)11-10/h5-6H,1-4H3. The summed E-state index contributed by atoms with van der Waals surface area (Å²) in [6.07, 6.45) is 2.06. The average molecular weight is 150 g/mol. The summed E-state index contributed by atoms with van der Waals surface area (Å²) < 4.78 is 5.45. The van der Waals surface area contributed by atoms with Gasteiger partial charge in [0.15, 0.2) is 0 Å². The molecule has 0 amide bonds. The Morgan fingerprint density at radius 3 is 2.36 bits per heavy atom. The van der Waals surface area contributed by atoms with Gasteiger partial charge in [-0.1, -0.05) is 5.57 Å². The predicted molar refractivity (Wildman–Crippen MR) is 47.5 cm³/mol. The molecule has 0 saturated carbocycles. The van der Waals surface area contributed by atoms with Crippen molar-refractivity contribution in [1.29, 1.82) is 0 Å². The molecule has 1 aromatic heterocycles. The number of hydrogen-bond donors (Lipinski definition) is 0. The van der Waals surface area contributed by atoms with Crippen molar-refractivity contribution in [2.75, 3.05) is 0 Å². The highest BCUT2D eigenvalue weighted by atomic mass is 16.3. The van der Waals surface area contributed by atoms with Gasteiger partial charge in [0.05, 0.1) is 0 Å². The molecule has 1 heteroatoms. The molecule has 60 valence electrons. The molecule has 1 heterocycles. The zero-order valence-corrected chi connectivity index (χ0v) is 7.56. The summed E-state index contributed by atoms with van der Waals surface area (Å²) in [6, 6.07) is 2.05. The van der Waals surface area contributed by atoms with Crippen LogP contribution >= 0.6 is 0 Å². The highest BCUT2D eigenvalue weighted by molar-refractivity contribution is 5.50. The van der Waals surface area contributed by atoms with Crippen LogP contribution in [0.5, 0.6) is 0 Å². The van der Waals surface area contributed by atoms with E-state index in [-0.39, 0.29) is 0 Å². The van der Waals surface area contributed by atoms with Gasteiger partial charge < -0.3 is 4.42 Å². The van der Waals surface area contributed by atoms with Crippen LogP contribution in [0.4, 0.5) is 0 Å². The van der Waals surface area contributed by atoms with Crippen LogP contribution < -0.4 is 0 Å². The van der Waals surface area contributed by atoms with E-state index in [1.165, 1.54) is 11.1 Å². The average Bonchev–Trinajstić information content (AvgIpc) is 2.09. The first-order valence-electron chi connectivity index (χ1n) is 3.81. The topological polar surface area (TPSA) is 13.1 Å². The quantitative estimate of drug-likeness (QED) is 0.598. The van der Waals surface area contributed by atoms with Gasteiger partial charge in [0.2, 0.25) is 0 Å². The van der Waals surface area contributed by atoms with Gasteiger partial charge in [0.25, 0.3) is 0 Å². The molecule has 1 nitrogen and oxygen atoms in total. The molecule has 0 aliphatic carbocycles. The largest absolute Gasteiger partial charge is 0.462 e. The Balaban J connectivity index is 3.04. The molecule has 0 fully saturated rings. The second-order valence-electron chi connectivity index (χ2n) is 3.13. The number of furan rings is 1. The van der Waals surface area contributed by atoms with Crippen molar-refractivity contribution in [3.63, 3.8) is 0 Å². The maximum atomic E-state index is 5.45. The lowest BCUT2D eigenvalue weighted by molar-refractivity contribution is 0.523. The zero-order chi connectivity index (χ0) is 8.43. The minimum Gasteiger partial charge on any atom is -0.462 e. The highest BCUT2D eigenvalue weighted by Crippen LogP contribution is 2.16. The summed E-state index contributed by atoms with van der Waals surface area (Å²) in [5.41, 5.74) is 2.48. The van der Waals surface area contributed by atoms with Crippen LogP contribution in [0.15, 0.2) is 16.1 Å². The van der Waals surface area contributed by atoms with Gasteiger partial charge in [0.1, 0.15) is 11.5 Å². The Morgan fingerprint density at radius 1 is 1.36 bits per heavy atom. The minimum absolute atomic E-state index is 0.981. The van der Waals surface area contributed by atoms with Crippen molar-refractivity contribution in [2.24, 2.45) is 0 Å². The Morgan fingerprint density at radius 2 is 2.00 bits per heavy atom. The van der Waals surface area contributed by atoms with Crippen molar-refractivity contribution < 1.29 is 4.42 Å². The van der Waals surface area contributed by atoms with Crippen molar-refractivity contribution in [3.05, 3.63) is 28.7 Å². The molecule has 0 aliphatic rings. The fraction of sp³-hybridized carbons (Fsp3) is 0.400. The molecule has 0 bridgehead atoms. The van der Waals surface area contributed by atoms with E-state index in [1.807, 2.05) is 6.92 Å². The van der Waals surface area contributed by atoms with Crippen molar-refractivity contribution in [1.82, 2.24) is 0 Å². The molecular formula is C10H14O. The van der Waals surface area contributed by atoms with Crippen molar-refractivity contribution in [3.8, 4) is 0 Å². The number of rotatable bonds is 1. The molecule has 0 aromatic carbocycles. The minimum atomic E-state index is 0.981. The van der Waals surface area contributed by atoms with Crippen LogP contribution in [0, 0.1) is 13.8 Å². The van der Waals surface area contributed by atoms with E-state index in [0.29, 0.717) is 0 Å². The van der Waals surface area contributed by atoms with E-state index < -0.39 is 0 Å². The van der Waals surface area contributed by atoms with Crippen LogP contribution in [0.1, 0.15) is 30.9 Å².